The minimum atomic E-state index is -0.425. The van der Waals surface area contributed by atoms with Crippen molar-refractivity contribution in [3.05, 3.63) is 29.8 Å². The molecular weight excluding hydrogens is 248 g/mol. The molecule has 0 heterocycles. The van der Waals surface area contributed by atoms with Gasteiger partial charge in [-0.3, -0.25) is 4.79 Å². The molecule has 0 spiro atoms. The Hall–Kier alpha value is -1.88. The van der Waals surface area contributed by atoms with Gasteiger partial charge < -0.3 is 14.6 Å². The van der Waals surface area contributed by atoms with E-state index in [-0.39, 0.29) is 19.0 Å². The van der Waals surface area contributed by atoms with E-state index in [0.717, 1.165) is 0 Å². The van der Waals surface area contributed by atoms with Crippen molar-refractivity contribution in [1.82, 2.24) is 0 Å². The SMILES string of the molecule is CCOC(=O)COc1ccc(C(=O)CCCO)cc1. The summed E-state index contributed by atoms with van der Waals surface area (Å²) in [5.74, 6) is 0.0587. The Kier molecular flexibility index (Phi) is 6.60. The second kappa shape index (κ2) is 8.26. The number of carbonyl (C=O) groups excluding carboxylic acids is 2. The molecule has 0 amide bonds. The van der Waals surface area contributed by atoms with Crippen LogP contribution in [-0.4, -0.2) is 36.7 Å². The summed E-state index contributed by atoms with van der Waals surface area (Å²) in [6.45, 7) is 1.91. The number of aliphatic hydroxyl groups excluding tert-OH is 1. The van der Waals surface area contributed by atoms with Gasteiger partial charge >= 0.3 is 5.97 Å². The highest BCUT2D eigenvalue weighted by molar-refractivity contribution is 5.96. The standard InChI is InChI=1S/C14H18O5/c1-2-18-14(17)10-19-12-7-5-11(6-8-12)13(16)4-3-9-15/h5-8,15H,2-4,9-10H2,1H3. The number of rotatable bonds is 8. The topological polar surface area (TPSA) is 72.8 Å². The first-order valence-corrected chi connectivity index (χ1v) is 6.20. The van der Waals surface area contributed by atoms with E-state index in [9.17, 15) is 9.59 Å². The van der Waals surface area contributed by atoms with Gasteiger partial charge in [-0.15, -0.1) is 0 Å². The maximum Gasteiger partial charge on any atom is 0.344 e. The summed E-state index contributed by atoms with van der Waals surface area (Å²) in [6, 6.07) is 6.54. The Morgan fingerprint density at radius 3 is 2.47 bits per heavy atom. The number of hydrogen-bond donors (Lipinski definition) is 1. The summed E-state index contributed by atoms with van der Waals surface area (Å²) in [6.07, 6.45) is 0.777. The van der Waals surface area contributed by atoms with Crippen molar-refractivity contribution >= 4 is 11.8 Å². The van der Waals surface area contributed by atoms with Crippen molar-refractivity contribution in [2.24, 2.45) is 0 Å². The van der Waals surface area contributed by atoms with Gasteiger partial charge in [0.15, 0.2) is 12.4 Å². The van der Waals surface area contributed by atoms with Crippen LogP contribution in [0.4, 0.5) is 0 Å². The van der Waals surface area contributed by atoms with E-state index in [2.05, 4.69) is 0 Å². The number of aliphatic hydroxyl groups is 1. The number of Topliss-reactive ketones (excluding diaryl/α,β-unsaturated/α-hetero) is 1. The molecule has 0 saturated carbocycles. The van der Waals surface area contributed by atoms with E-state index in [4.69, 9.17) is 14.6 Å². The van der Waals surface area contributed by atoms with Gasteiger partial charge in [0.25, 0.3) is 0 Å². The first-order chi connectivity index (χ1) is 9.17. The van der Waals surface area contributed by atoms with Crippen molar-refractivity contribution < 1.29 is 24.2 Å². The molecule has 0 unspecified atom stereocenters. The van der Waals surface area contributed by atoms with Crippen molar-refractivity contribution in [1.29, 1.82) is 0 Å². The monoisotopic (exact) mass is 266 g/mol. The Labute approximate surface area is 112 Å². The van der Waals surface area contributed by atoms with Crippen LogP contribution in [0.1, 0.15) is 30.1 Å². The van der Waals surface area contributed by atoms with Gasteiger partial charge in [0.1, 0.15) is 5.75 Å². The molecule has 0 aromatic heterocycles. The van der Waals surface area contributed by atoms with Gasteiger partial charge in [-0.1, -0.05) is 0 Å². The van der Waals surface area contributed by atoms with Gasteiger partial charge in [0, 0.05) is 18.6 Å². The normalized spacial score (nSPS) is 10.0. The van der Waals surface area contributed by atoms with Crippen molar-refractivity contribution in [2.75, 3.05) is 19.8 Å². The number of ketones is 1. The minimum absolute atomic E-state index is 0.00642. The molecule has 0 fully saturated rings. The Morgan fingerprint density at radius 1 is 1.21 bits per heavy atom. The molecule has 0 aliphatic heterocycles. The van der Waals surface area contributed by atoms with Crippen molar-refractivity contribution in [2.45, 2.75) is 19.8 Å². The average molecular weight is 266 g/mol. The Morgan fingerprint density at radius 2 is 1.89 bits per heavy atom. The predicted octanol–water partition coefficient (Wildman–Crippen LogP) is 1.58. The Bertz CT molecular complexity index is 410. The van der Waals surface area contributed by atoms with Crippen LogP contribution in [0.5, 0.6) is 5.75 Å². The molecule has 0 bridgehead atoms. The summed E-state index contributed by atoms with van der Waals surface area (Å²) in [7, 11) is 0. The second-order valence-corrected chi connectivity index (χ2v) is 3.87. The van der Waals surface area contributed by atoms with E-state index in [0.29, 0.717) is 30.8 Å². The molecule has 5 nitrogen and oxygen atoms in total. The fourth-order valence-electron chi connectivity index (χ4n) is 1.47. The number of esters is 1. The summed E-state index contributed by atoms with van der Waals surface area (Å²) >= 11 is 0. The second-order valence-electron chi connectivity index (χ2n) is 3.87. The molecular formula is C14H18O5. The van der Waals surface area contributed by atoms with Crippen LogP contribution in [0.2, 0.25) is 0 Å². The van der Waals surface area contributed by atoms with Gasteiger partial charge in [-0.25, -0.2) is 4.79 Å². The third-order valence-corrected chi connectivity index (χ3v) is 2.40. The third kappa shape index (κ3) is 5.52. The first kappa shape index (κ1) is 15.2. The molecule has 1 rings (SSSR count). The molecule has 1 aromatic rings. The number of carbonyl (C=O) groups is 2. The lowest BCUT2D eigenvalue weighted by molar-refractivity contribution is -0.145. The maximum atomic E-state index is 11.6. The van der Waals surface area contributed by atoms with Crippen LogP contribution in [0.15, 0.2) is 24.3 Å². The van der Waals surface area contributed by atoms with Crippen LogP contribution in [0.25, 0.3) is 0 Å². The summed E-state index contributed by atoms with van der Waals surface area (Å²) in [5.41, 5.74) is 0.567. The van der Waals surface area contributed by atoms with Crippen LogP contribution < -0.4 is 4.74 Å². The van der Waals surface area contributed by atoms with Gasteiger partial charge in [-0.2, -0.15) is 0 Å². The van der Waals surface area contributed by atoms with E-state index < -0.39 is 5.97 Å². The zero-order chi connectivity index (χ0) is 14.1. The first-order valence-electron chi connectivity index (χ1n) is 6.20. The highest BCUT2D eigenvalue weighted by atomic mass is 16.6. The van der Waals surface area contributed by atoms with Crippen LogP contribution in [0, 0.1) is 0 Å². The van der Waals surface area contributed by atoms with Crippen LogP contribution in [-0.2, 0) is 9.53 Å². The lowest BCUT2D eigenvalue weighted by atomic mass is 10.1. The zero-order valence-corrected chi connectivity index (χ0v) is 10.9. The van der Waals surface area contributed by atoms with Crippen LogP contribution >= 0.6 is 0 Å². The average Bonchev–Trinajstić information content (AvgIpc) is 2.43. The molecule has 0 aliphatic carbocycles. The number of ether oxygens (including phenoxy) is 2. The van der Waals surface area contributed by atoms with Crippen molar-refractivity contribution in [3.63, 3.8) is 0 Å². The summed E-state index contributed by atoms with van der Waals surface area (Å²) < 4.78 is 9.94. The summed E-state index contributed by atoms with van der Waals surface area (Å²) in [4.78, 5) is 22.7. The molecule has 19 heavy (non-hydrogen) atoms. The quantitative estimate of drug-likeness (QED) is 0.571. The molecule has 0 aliphatic rings. The van der Waals surface area contributed by atoms with Gasteiger partial charge in [0.05, 0.1) is 6.61 Å². The van der Waals surface area contributed by atoms with Crippen molar-refractivity contribution in [3.8, 4) is 5.75 Å². The molecule has 1 aromatic carbocycles. The van der Waals surface area contributed by atoms with Crippen LogP contribution in [0.3, 0.4) is 0 Å². The van der Waals surface area contributed by atoms with Gasteiger partial charge in [-0.05, 0) is 37.6 Å². The highest BCUT2D eigenvalue weighted by Crippen LogP contribution is 2.14. The van der Waals surface area contributed by atoms with E-state index in [1.165, 1.54) is 0 Å². The number of hydrogen-bond acceptors (Lipinski definition) is 5. The van der Waals surface area contributed by atoms with E-state index in [1.54, 1.807) is 31.2 Å². The lowest BCUT2D eigenvalue weighted by Crippen LogP contribution is -2.14. The van der Waals surface area contributed by atoms with E-state index in [1.807, 2.05) is 0 Å². The molecule has 104 valence electrons. The fourth-order valence-corrected chi connectivity index (χ4v) is 1.47. The third-order valence-electron chi connectivity index (χ3n) is 2.40. The lowest BCUT2D eigenvalue weighted by Gasteiger charge is -2.06. The minimum Gasteiger partial charge on any atom is -0.482 e. The van der Waals surface area contributed by atoms with Gasteiger partial charge in [0.2, 0.25) is 0 Å². The molecule has 5 heteroatoms. The smallest absolute Gasteiger partial charge is 0.344 e. The fraction of sp³-hybridized carbons (Fsp3) is 0.429. The molecule has 0 atom stereocenters. The molecule has 1 N–H and O–H groups in total. The van der Waals surface area contributed by atoms with E-state index >= 15 is 0 Å². The Balaban J connectivity index is 2.47. The zero-order valence-electron chi connectivity index (χ0n) is 10.9. The number of benzene rings is 1. The highest BCUT2D eigenvalue weighted by Gasteiger charge is 2.06. The molecule has 0 radical (unpaired) electrons. The maximum absolute atomic E-state index is 11.6. The predicted molar refractivity (Wildman–Crippen MR) is 69.2 cm³/mol. The summed E-state index contributed by atoms with van der Waals surface area (Å²) in [5, 5.41) is 8.66. The largest absolute Gasteiger partial charge is 0.482 e. The molecule has 0 saturated heterocycles.